The third-order valence-corrected chi connectivity index (χ3v) is 4.09. The molecule has 6 heteroatoms. The molecule has 0 aliphatic rings. The van der Waals surface area contributed by atoms with Gasteiger partial charge in [0, 0.05) is 17.3 Å². The lowest BCUT2D eigenvalue weighted by atomic mass is 10.1. The van der Waals surface area contributed by atoms with E-state index in [1.54, 1.807) is 67.8 Å². The van der Waals surface area contributed by atoms with Crippen molar-refractivity contribution in [2.24, 2.45) is 0 Å². The molecule has 0 unspecified atom stereocenters. The Balaban J connectivity index is 1.50. The summed E-state index contributed by atoms with van der Waals surface area (Å²) in [6.07, 6.45) is 2.87. The summed E-state index contributed by atoms with van der Waals surface area (Å²) in [5.74, 6) is 1.38. The van der Waals surface area contributed by atoms with E-state index in [1.165, 1.54) is 6.08 Å². The van der Waals surface area contributed by atoms with E-state index >= 15 is 0 Å². The predicted octanol–water partition coefficient (Wildman–Crippen LogP) is 4.61. The SMILES string of the molecule is COc1ccc(NC(=O)c2ccc(COC(=O)/C=C/c3ccc(C)o3)cc2)cc1. The molecule has 0 atom stereocenters. The van der Waals surface area contributed by atoms with Crippen LogP contribution in [0.3, 0.4) is 0 Å². The minimum absolute atomic E-state index is 0.112. The van der Waals surface area contributed by atoms with Gasteiger partial charge in [-0.25, -0.2) is 4.79 Å². The van der Waals surface area contributed by atoms with Gasteiger partial charge in [-0.15, -0.1) is 0 Å². The average molecular weight is 391 g/mol. The molecule has 0 radical (unpaired) electrons. The van der Waals surface area contributed by atoms with Gasteiger partial charge in [0.2, 0.25) is 0 Å². The lowest BCUT2D eigenvalue weighted by molar-refractivity contribution is -0.138. The van der Waals surface area contributed by atoms with E-state index in [0.29, 0.717) is 17.0 Å². The smallest absolute Gasteiger partial charge is 0.331 e. The minimum Gasteiger partial charge on any atom is -0.497 e. The number of carbonyl (C=O) groups is 2. The first kappa shape index (κ1) is 19.9. The Morgan fingerprint density at radius 1 is 1.00 bits per heavy atom. The van der Waals surface area contributed by atoms with Gasteiger partial charge in [0.1, 0.15) is 23.9 Å². The van der Waals surface area contributed by atoms with E-state index in [4.69, 9.17) is 13.9 Å². The molecule has 1 aromatic heterocycles. The summed E-state index contributed by atoms with van der Waals surface area (Å²) in [5.41, 5.74) is 1.96. The maximum absolute atomic E-state index is 12.3. The monoisotopic (exact) mass is 391 g/mol. The zero-order valence-corrected chi connectivity index (χ0v) is 16.2. The van der Waals surface area contributed by atoms with E-state index in [1.807, 2.05) is 13.0 Å². The normalized spacial score (nSPS) is 10.7. The molecule has 0 aliphatic carbocycles. The largest absolute Gasteiger partial charge is 0.497 e. The molecule has 0 aliphatic heterocycles. The highest BCUT2D eigenvalue weighted by Gasteiger charge is 2.07. The van der Waals surface area contributed by atoms with E-state index in [0.717, 1.165) is 17.1 Å². The lowest BCUT2D eigenvalue weighted by Crippen LogP contribution is -2.11. The Labute approximate surface area is 168 Å². The van der Waals surface area contributed by atoms with Crippen LogP contribution >= 0.6 is 0 Å². The van der Waals surface area contributed by atoms with Crippen LogP contribution in [0.1, 0.15) is 27.4 Å². The van der Waals surface area contributed by atoms with E-state index < -0.39 is 5.97 Å². The Morgan fingerprint density at radius 3 is 2.34 bits per heavy atom. The van der Waals surface area contributed by atoms with Gasteiger partial charge >= 0.3 is 5.97 Å². The van der Waals surface area contributed by atoms with E-state index in [-0.39, 0.29) is 12.5 Å². The third-order valence-electron chi connectivity index (χ3n) is 4.09. The summed E-state index contributed by atoms with van der Waals surface area (Å²) in [6, 6.07) is 17.5. The maximum Gasteiger partial charge on any atom is 0.331 e. The Kier molecular flexibility index (Phi) is 6.47. The number of furan rings is 1. The van der Waals surface area contributed by atoms with Crippen molar-refractivity contribution in [1.29, 1.82) is 0 Å². The second-order valence-electron chi connectivity index (χ2n) is 6.27. The summed E-state index contributed by atoms with van der Waals surface area (Å²) in [6.45, 7) is 1.94. The molecule has 0 fully saturated rings. The highest BCUT2D eigenvalue weighted by atomic mass is 16.5. The van der Waals surface area contributed by atoms with Gasteiger partial charge in [0.25, 0.3) is 5.91 Å². The molecule has 29 heavy (non-hydrogen) atoms. The fraction of sp³-hybridized carbons (Fsp3) is 0.130. The van der Waals surface area contributed by atoms with Crippen LogP contribution in [-0.4, -0.2) is 19.0 Å². The first-order chi connectivity index (χ1) is 14.0. The number of anilines is 1. The fourth-order valence-corrected chi connectivity index (χ4v) is 2.53. The molecular weight excluding hydrogens is 370 g/mol. The van der Waals surface area contributed by atoms with Gasteiger partial charge in [-0.05, 0) is 67.1 Å². The Bertz CT molecular complexity index is 1000. The molecule has 3 aromatic rings. The van der Waals surface area contributed by atoms with E-state index in [9.17, 15) is 9.59 Å². The number of hydrogen-bond donors (Lipinski definition) is 1. The van der Waals surface area contributed by atoms with Crippen molar-refractivity contribution in [2.45, 2.75) is 13.5 Å². The van der Waals surface area contributed by atoms with Gasteiger partial charge in [-0.1, -0.05) is 12.1 Å². The molecular formula is C23H21NO5. The predicted molar refractivity (Wildman–Crippen MR) is 110 cm³/mol. The van der Waals surface area contributed by atoms with Crippen molar-refractivity contribution in [3.63, 3.8) is 0 Å². The molecule has 1 amide bonds. The molecule has 0 saturated heterocycles. The highest BCUT2D eigenvalue weighted by Crippen LogP contribution is 2.16. The van der Waals surface area contributed by atoms with Crippen LogP contribution in [0.4, 0.5) is 5.69 Å². The van der Waals surface area contributed by atoms with Crippen LogP contribution in [-0.2, 0) is 16.1 Å². The quantitative estimate of drug-likeness (QED) is 0.470. The number of ether oxygens (including phenoxy) is 2. The summed E-state index contributed by atoms with van der Waals surface area (Å²) in [4.78, 5) is 24.1. The van der Waals surface area contributed by atoms with Gasteiger partial charge in [-0.2, -0.15) is 0 Å². The summed E-state index contributed by atoms with van der Waals surface area (Å²) in [7, 11) is 1.59. The van der Waals surface area contributed by atoms with Crippen molar-refractivity contribution in [3.05, 3.63) is 89.4 Å². The number of esters is 1. The van der Waals surface area contributed by atoms with Crippen molar-refractivity contribution in [1.82, 2.24) is 0 Å². The standard InChI is InChI=1S/C23H21NO5/c1-16-3-10-21(29-16)13-14-22(25)28-15-17-4-6-18(7-5-17)23(26)24-19-8-11-20(27-2)12-9-19/h3-14H,15H2,1-2H3,(H,24,26)/b14-13+. The number of nitrogens with one attached hydrogen (secondary N) is 1. The number of hydrogen-bond acceptors (Lipinski definition) is 5. The van der Waals surface area contributed by atoms with Crippen LogP contribution in [0.5, 0.6) is 5.75 Å². The molecule has 3 rings (SSSR count). The summed E-state index contributed by atoms with van der Waals surface area (Å²) >= 11 is 0. The highest BCUT2D eigenvalue weighted by molar-refractivity contribution is 6.04. The minimum atomic E-state index is -0.472. The third kappa shape index (κ3) is 5.84. The first-order valence-electron chi connectivity index (χ1n) is 8.99. The molecule has 148 valence electrons. The number of aryl methyl sites for hydroxylation is 1. The van der Waals surface area contributed by atoms with Gasteiger partial charge in [-0.3, -0.25) is 4.79 Å². The van der Waals surface area contributed by atoms with Crippen molar-refractivity contribution < 1.29 is 23.5 Å². The summed E-state index contributed by atoms with van der Waals surface area (Å²) < 4.78 is 15.6. The number of amides is 1. The van der Waals surface area contributed by atoms with Gasteiger partial charge in [0.05, 0.1) is 7.11 Å². The molecule has 1 heterocycles. The molecule has 0 bridgehead atoms. The lowest BCUT2D eigenvalue weighted by Gasteiger charge is -2.07. The second-order valence-corrected chi connectivity index (χ2v) is 6.27. The van der Waals surface area contributed by atoms with Crippen molar-refractivity contribution >= 4 is 23.6 Å². The first-order valence-corrected chi connectivity index (χ1v) is 8.99. The zero-order chi connectivity index (χ0) is 20.6. The zero-order valence-electron chi connectivity index (χ0n) is 16.2. The van der Waals surface area contributed by atoms with Crippen molar-refractivity contribution in [3.8, 4) is 5.75 Å². The van der Waals surface area contributed by atoms with Gasteiger partial charge in [0.15, 0.2) is 0 Å². The molecule has 0 saturated carbocycles. The van der Waals surface area contributed by atoms with Crippen LogP contribution in [0, 0.1) is 6.92 Å². The Hall–Kier alpha value is -3.80. The number of rotatable bonds is 7. The molecule has 0 spiro atoms. The van der Waals surface area contributed by atoms with Crippen LogP contribution < -0.4 is 10.1 Å². The van der Waals surface area contributed by atoms with Crippen LogP contribution in [0.2, 0.25) is 0 Å². The van der Waals surface area contributed by atoms with E-state index in [2.05, 4.69) is 5.32 Å². The van der Waals surface area contributed by atoms with Crippen LogP contribution in [0.25, 0.3) is 6.08 Å². The molecule has 1 N–H and O–H groups in total. The maximum atomic E-state index is 12.3. The topological polar surface area (TPSA) is 77.8 Å². The van der Waals surface area contributed by atoms with Crippen LogP contribution in [0.15, 0.2) is 71.2 Å². The second kappa shape index (κ2) is 9.41. The average Bonchev–Trinajstić information content (AvgIpc) is 3.16. The van der Waals surface area contributed by atoms with Crippen molar-refractivity contribution in [2.75, 3.05) is 12.4 Å². The number of carbonyl (C=O) groups excluding carboxylic acids is 2. The number of benzene rings is 2. The fourth-order valence-electron chi connectivity index (χ4n) is 2.53. The van der Waals surface area contributed by atoms with Gasteiger partial charge < -0.3 is 19.2 Å². The molecule has 6 nitrogen and oxygen atoms in total. The number of methoxy groups -OCH3 is 1. The summed E-state index contributed by atoms with van der Waals surface area (Å²) in [5, 5.41) is 2.82. The molecule has 2 aromatic carbocycles. The Morgan fingerprint density at radius 2 is 1.72 bits per heavy atom.